The summed E-state index contributed by atoms with van der Waals surface area (Å²) in [4.78, 5) is 14.7. The highest BCUT2D eigenvalue weighted by atomic mass is 16.5. The van der Waals surface area contributed by atoms with Crippen molar-refractivity contribution < 1.29 is 30.0 Å². The van der Waals surface area contributed by atoms with Crippen LogP contribution in [0.2, 0.25) is 0 Å². The van der Waals surface area contributed by atoms with Crippen molar-refractivity contribution in [3.63, 3.8) is 0 Å². The van der Waals surface area contributed by atoms with E-state index in [0.717, 1.165) is 11.8 Å². The molecule has 1 amide bonds. The van der Waals surface area contributed by atoms with Gasteiger partial charge in [-0.3, -0.25) is 0 Å². The van der Waals surface area contributed by atoms with E-state index < -0.39 is 24.4 Å². The van der Waals surface area contributed by atoms with E-state index in [9.17, 15) is 20.1 Å². The van der Waals surface area contributed by atoms with E-state index in [-0.39, 0.29) is 19.6 Å². The molecule has 7 nitrogen and oxygen atoms in total. The zero-order chi connectivity index (χ0) is 15.7. The predicted octanol–water partition coefficient (Wildman–Crippen LogP) is -0.141. The second kappa shape index (κ2) is 9.19. The fraction of sp³-hybridized carbons (Fsp3) is 0.429. The smallest absolute Gasteiger partial charge is 0.433 e. The third-order valence-electron chi connectivity index (χ3n) is 2.71. The Kier molecular flexibility index (Phi) is 7.55. The standard InChI is InChI=1S/C14H19NO6/c16-7-6-11(17)13(19)12(18)8-15-14(20)21-9-10-4-2-1-3-5-10/h1-5,8,11-13,16-19H,6-7,9H2/t11-,12+,13+/m1/s1. The fourth-order valence-corrected chi connectivity index (χ4v) is 1.51. The summed E-state index contributed by atoms with van der Waals surface area (Å²) in [7, 11) is 0. The summed E-state index contributed by atoms with van der Waals surface area (Å²) in [5.41, 5.74) is 0.792. The number of nitrogens with zero attached hydrogens (tertiary/aromatic N) is 1. The number of amides is 1. The highest BCUT2D eigenvalue weighted by molar-refractivity contribution is 5.81. The van der Waals surface area contributed by atoms with Gasteiger partial charge >= 0.3 is 6.09 Å². The third-order valence-corrected chi connectivity index (χ3v) is 2.71. The first kappa shape index (κ1) is 17.3. The maximum Gasteiger partial charge on any atom is 0.433 e. The third kappa shape index (κ3) is 6.46. The summed E-state index contributed by atoms with van der Waals surface area (Å²) in [6.07, 6.45) is -4.60. The van der Waals surface area contributed by atoms with Crippen LogP contribution < -0.4 is 0 Å². The first-order valence-corrected chi connectivity index (χ1v) is 6.44. The Morgan fingerprint density at radius 1 is 1.24 bits per heavy atom. The van der Waals surface area contributed by atoms with E-state index in [1.165, 1.54) is 0 Å². The fourth-order valence-electron chi connectivity index (χ4n) is 1.51. The number of carbonyl (C=O) groups is 1. The van der Waals surface area contributed by atoms with Crippen molar-refractivity contribution in [2.24, 2.45) is 4.99 Å². The van der Waals surface area contributed by atoms with Crippen molar-refractivity contribution >= 4 is 12.3 Å². The number of ether oxygens (including phenoxy) is 1. The normalized spacial score (nSPS) is 15.6. The molecule has 0 radical (unpaired) electrons. The summed E-state index contributed by atoms with van der Waals surface area (Å²) in [6, 6.07) is 8.99. The average Bonchev–Trinajstić information content (AvgIpc) is 2.51. The number of aliphatic hydroxyl groups is 4. The number of carbonyl (C=O) groups excluding carboxylic acids is 1. The number of hydrogen-bond donors (Lipinski definition) is 4. The summed E-state index contributed by atoms with van der Waals surface area (Å²) in [6.45, 7) is -0.288. The number of hydrogen-bond acceptors (Lipinski definition) is 6. The van der Waals surface area contributed by atoms with Crippen LogP contribution in [0, 0.1) is 0 Å². The van der Waals surface area contributed by atoms with Crippen LogP contribution in [0.3, 0.4) is 0 Å². The van der Waals surface area contributed by atoms with E-state index in [2.05, 4.69) is 4.99 Å². The van der Waals surface area contributed by atoms with Crippen LogP contribution in [0.25, 0.3) is 0 Å². The monoisotopic (exact) mass is 297 g/mol. The molecule has 0 bridgehead atoms. The Balaban J connectivity index is 2.39. The molecule has 21 heavy (non-hydrogen) atoms. The van der Waals surface area contributed by atoms with Crippen LogP contribution in [0.5, 0.6) is 0 Å². The Bertz CT molecular complexity index is 450. The zero-order valence-corrected chi connectivity index (χ0v) is 11.4. The second-order valence-electron chi connectivity index (χ2n) is 4.38. The van der Waals surface area contributed by atoms with Gasteiger partial charge in [0.1, 0.15) is 18.8 Å². The van der Waals surface area contributed by atoms with E-state index in [1.54, 1.807) is 24.3 Å². The Hall–Kier alpha value is -1.80. The average molecular weight is 297 g/mol. The van der Waals surface area contributed by atoms with Crippen molar-refractivity contribution in [1.29, 1.82) is 0 Å². The lowest BCUT2D eigenvalue weighted by Gasteiger charge is -2.19. The molecule has 1 aromatic carbocycles. The lowest BCUT2D eigenvalue weighted by molar-refractivity contribution is -0.0411. The van der Waals surface area contributed by atoms with Gasteiger partial charge in [-0.25, -0.2) is 4.79 Å². The van der Waals surface area contributed by atoms with Gasteiger partial charge in [-0.2, -0.15) is 4.99 Å². The van der Waals surface area contributed by atoms with Crippen LogP contribution in [0.1, 0.15) is 12.0 Å². The van der Waals surface area contributed by atoms with E-state index in [1.807, 2.05) is 6.07 Å². The van der Waals surface area contributed by atoms with Gasteiger partial charge in [-0.05, 0) is 12.0 Å². The van der Waals surface area contributed by atoms with Crippen LogP contribution in [-0.2, 0) is 11.3 Å². The molecular formula is C14H19NO6. The molecule has 4 N–H and O–H groups in total. The Labute approximate surface area is 122 Å². The zero-order valence-electron chi connectivity index (χ0n) is 11.4. The van der Waals surface area contributed by atoms with E-state index >= 15 is 0 Å². The molecule has 0 aliphatic rings. The predicted molar refractivity (Wildman–Crippen MR) is 74.8 cm³/mol. The van der Waals surface area contributed by atoms with Crippen LogP contribution in [-0.4, -0.2) is 57.7 Å². The Morgan fingerprint density at radius 2 is 1.90 bits per heavy atom. The van der Waals surface area contributed by atoms with E-state index in [4.69, 9.17) is 9.84 Å². The molecule has 0 unspecified atom stereocenters. The van der Waals surface area contributed by atoms with Gasteiger partial charge in [0.05, 0.1) is 6.10 Å². The minimum Gasteiger partial charge on any atom is -0.443 e. The van der Waals surface area contributed by atoms with Crippen LogP contribution in [0.4, 0.5) is 4.79 Å². The number of aliphatic imine (C=N–C) groups is 1. The van der Waals surface area contributed by atoms with Crippen molar-refractivity contribution in [1.82, 2.24) is 0 Å². The Morgan fingerprint density at radius 3 is 2.52 bits per heavy atom. The minimum atomic E-state index is -1.54. The SMILES string of the molecule is O=C(N=C[C@H](O)[C@@H](O)[C@H](O)CCO)OCc1ccccc1. The molecule has 7 heteroatoms. The quantitative estimate of drug-likeness (QED) is 0.520. The molecular weight excluding hydrogens is 278 g/mol. The summed E-state index contributed by atoms with van der Waals surface area (Å²) in [5, 5.41) is 36.9. The maximum absolute atomic E-state index is 11.3. The topological polar surface area (TPSA) is 120 Å². The van der Waals surface area contributed by atoms with Crippen molar-refractivity contribution in [3.8, 4) is 0 Å². The summed E-state index contributed by atoms with van der Waals surface area (Å²) < 4.78 is 4.83. The van der Waals surface area contributed by atoms with Crippen LogP contribution >= 0.6 is 0 Å². The van der Waals surface area contributed by atoms with Gasteiger partial charge in [0, 0.05) is 12.8 Å². The molecule has 1 aromatic rings. The van der Waals surface area contributed by atoms with Gasteiger partial charge < -0.3 is 25.2 Å². The van der Waals surface area contributed by atoms with Gasteiger partial charge in [-0.1, -0.05) is 30.3 Å². The molecule has 0 aliphatic heterocycles. The molecule has 116 valence electrons. The van der Waals surface area contributed by atoms with Crippen molar-refractivity contribution in [3.05, 3.63) is 35.9 Å². The van der Waals surface area contributed by atoms with Crippen molar-refractivity contribution in [2.45, 2.75) is 31.3 Å². The molecule has 0 aromatic heterocycles. The molecule has 0 spiro atoms. The molecule has 0 fully saturated rings. The van der Waals surface area contributed by atoms with E-state index in [0.29, 0.717) is 0 Å². The highest BCUT2D eigenvalue weighted by Crippen LogP contribution is 2.04. The molecule has 0 saturated heterocycles. The molecule has 0 saturated carbocycles. The van der Waals surface area contributed by atoms with Gasteiger partial charge in [0.25, 0.3) is 0 Å². The molecule has 0 heterocycles. The lowest BCUT2D eigenvalue weighted by Crippen LogP contribution is -2.38. The van der Waals surface area contributed by atoms with Gasteiger partial charge in [0.2, 0.25) is 0 Å². The molecule has 3 atom stereocenters. The first-order chi connectivity index (χ1) is 10.0. The van der Waals surface area contributed by atoms with Gasteiger partial charge in [0.15, 0.2) is 0 Å². The first-order valence-electron chi connectivity index (χ1n) is 6.44. The second-order valence-corrected chi connectivity index (χ2v) is 4.38. The largest absolute Gasteiger partial charge is 0.443 e. The van der Waals surface area contributed by atoms with Crippen molar-refractivity contribution in [2.75, 3.05) is 6.61 Å². The maximum atomic E-state index is 11.3. The molecule has 1 rings (SSSR count). The summed E-state index contributed by atoms with van der Waals surface area (Å²) in [5.74, 6) is 0. The van der Waals surface area contributed by atoms with Gasteiger partial charge in [-0.15, -0.1) is 0 Å². The summed E-state index contributed by atoms with van der Waals surface area (Å²) >= 11 is 0. The van der Waals surface area contributed by atoms with Crippen LogP contribution in [0.15, 0.2) is 35.3 Å². The number of rotatable bonds is 7. The minimum absolute atomic E-state index is 0.0444. The molecule has 0 aliphatic carbocycles. The number of benzene rings is 1. The highest BCUT2D eigenvalue weighted by Gasteiger charge is 2.23. The lowest BCUT2D eigenvalue weighted by atomic mass is 10.1. The number of aliphatic hydroxyl groups excluding tert-OH is 4.